The van der Waals surface area contributed by atoms with Gasteiger partial charge in [-0.3, -0.25) is 0 Å². The zero-order valence-electron chi connectivity index (χ0n) is 16.4. The van der Waals surface area contributed by atoms with E-state index in [9.17, 15) is 9.90 Å². The second-order valence-corrected chi connectivity index (χ2v) is 7.39. The quantitative estimate of drug-likeness (QED) is 0.320. The van der Waals surface area contributed by atoms with Crippen molar-refractivity contribution in [2.75, 3.05) is 7.11 Å². The molecule has 0 aliphatic heterocycles. The number of carboxylic acid groups (broad SMARTS) is 1. The van der Waals surface area contributed by atoms with Crippen molar-refractivity contribution in [3.63, 3.8) is 0 Å². The summed E-state index contributed by atoms with van der Waals surface area (Å²) < 4.78 is 11.0. The van der Waals surface area contributed by atoms with Gasteiger partial charge in [0.25, 0.3) is 5.22 Å². The molecular weight excluding hydrogens is 402 g/mol. The van der Waals surface area contributed by atoms with Crippen LogP contribution in [0.5, 0.6) is 5.75 Å². The number of aryl methyl sites for hydroxylation is 1. The van der Waals surface area contributed by atoms with E-state index in [2.05, 4.69) is 15.2 Å². The molecule has 2 aromatic carbocycles. The molecule has 0 aliphatic rings. The Balaban J connectivity index is 1.89. The summed E-state index contributed by atoms with van der Waals surface area (Å²) in [4.78, 5) is 15.5. The van der Waals surface area contributed by atoms with Crippen molar-refractivity contribution < 1.29 is 19.1 Å². The highest BCUT2D eigenvalue weighted by Crippen LogP contribution is 2.38. The molecule has 30 heavy (non-hydrogen) atoms. The fraction of sp³-hybridized carbons (Fsp3) is 0.136. The molecule has 0 atom stereocenters. The highest BCUT2D eigenvalue weighted by molar-refractivity contribution is 8.03. The molecule has 0 spiro atoms. The van der Waals surface area contributed by atoms with Gasteiger partial charge in [0, 0.05) is 17.4 Å². The van der Waals surface area contributed by atoms with Gasteiger partial charge < -0.3 is 19.2 Å². The number of aliphatic carboxylic acids is 1. The fourth-order valence-electron chi connectivity index (χ4n) is 3.15. The van der Waals surface area contributed by atoms with Crippen molar-refractivity contribution in [2.24, 2.45) is 0 Å². The predicted molar refractivity (Wildman–Crippen MR) is 115 cm³/mol. The van der Waals surface area contributed by atoms with Crippen LogP contribution in [-0.4, -0.2) is 33.4 Å². The molecule has 0 bridgehead atoms. The summed E-state index contributed by atoms with van der Waals surface area (Å²) in [5.41, 5.74) is 3.28. The summed E-state index contributed by atoms with van der Waals surface area (Å²) in [6.45, 7) is 1.89. The van der Waals surface area contributed by atoms with Crippen LogP contribution in [0.1, 0.15) is 18.4 Å². The number of aromatic amines is 1. The van der Waals surface area contributed by atoms with Crippen LogP contribution in [0.15, 0.2) is 63.1 Å². The lowest BCUT2D eigenvalue weighted by molar-refractivity contribution is -0.131. The van der Waals surface area contributed by atoms with Crippen LogP contribution in [-0.2, 0) is 11.2 Å². The van der Waals surface area contributed by atoms with Gasteiger partial charge in [0.15, 0.2) is 0 Å². The highest BCUT2D eigenvalue weighted by atomic mass is 32.2. The number of carbonyl (C=O) groups is 1. The summed E-state index contributed by atoms with van der Waals surface area (Å²) in [6.07, 6.45) is 2.21. The molecule has 2 N–H and O–H groups in total. The largest absolute Gasteiger partial charge is 0.495 e. The molecule has 8 heteroatoms. The lowest BCUT2D eigenvalue weighted by Gasteiger charge is -2.03. The van der Waals surface area contributed by atoms with Gasteiger partial charge >= 0.3 is 5.97 Å². The van der Waals surface area contributed by atoms with Crippen molar-refractivity contribution in [1.29, 1.82) is 0 Å². The van der Waals surface area contributed by atoms with E-state index in [1.165, 1.54) is 0 Å². The Kier molecular flexibility index (Phi) is 5.58. The first kappa shape index (κ1) is 19.8. The first-order valence-electron chi connectivity index (χ1n) is 9.30. The fourth-order valence-corrected chi connectivity index (χ4v) is 3.82. The monoisotopic (exact) mass is 421 g/mol. The van der Waals surface area contributed by atoms with E-state index in [-0.39, 0.29) is 10.1 Å². The second kappa shape index (κ2) is 8.46. The van der Waals surface area contributed by atoms with Crippen molar-refractivity contribution in [2.45, 2.75) is 18.6 Å². The van der Waals surface area contributed by atoms with Gasteiger partial charge in [-0.05, 0) is 29.5 Å². The normalized spacial score (nSPS) is 11.7. The maximum atomic E-state index is 12.0. The summed E-state index contributed by atoms with van der Waals surface area (Å²) in [5, 5.41) is 18.7. The van der Waals surface area contributed by atoms with Crippen molar-refractivity contribution in [1.82, 2.24) is 15.2 Å². The van der Waals surface area contributed by atoms with E-state index in [1.54, 1.807) is 13.2 Å². The number of fused-ring (bicyclic) bond motifs is 1. The van der Waals surface area contributed by atoms with Crippen LogP contribution in [0.4, 0.5) is 0 Å². The average molecular weight is 421 g/mol. The molecule has 0 saturated heterocycles. The molecule has 7 nitrogen and oxygen atoms in total. The number of methoxy groups -OCH3 is 1. The number of nitrogens with zero attached hydrogens (tertiary/aromatic N) is 2. The van der Waals surface area contributed by atoms with Crippen LogP contribution >= 0.6 is 11.8 Å². The SMILES string of the molecule is CCc1nnc(S/C(=C\c2c(-c3ccccc3)[nH]c3c(OC)cccc23)C(=O)O)o1. The van der Waals surface area contributed by atoms with Gasteiger partial charge in [-0.1, -0.05) is 49.4 Å². The third-order valence-corrected chi connectivity index (χ3v) is 5.40. The zero-order valence-corrected chi connectivity index (χ0v) is 17.2. The van der Waals surface area contributed by atoms with Crippen LogP contribution < -0.4 is 4.74 Å². The lowest BCUT2D eigenvalue weighted by atomic mass is 10.0. The van der Waals surface area contributed by atoms with Gasteiger partial charge in [0.1, 0.15) is 10.7 Å². The Morgan fingerprint density at radius 1 is 1.20 bits per heavy atom. The number of nitrogens with one attached hydrogen (secondary N) is 1. The minimum atomic E-state index is -1.08. The van der Waals surface area contributed by atoms with Gasteiger partial charge in [0.05, 0.1) is 18.3 Å². The number of para-hydroxylation sites is 1. The third-order valence-electron chi connectivity index (χ3n) is 4.55. The Morgan fingerprint density at radius 2 is 2.00 bits per heavy atom. The van der Waals surface area contributed by atoms with Crippen molar-refractivity contribution >= 4 is 34.7 Å². The minimum Gasteiger partial charge on any atom is -0.495 e. The number of carboxylic acids is 1. The number of H-pyrrole nitrogens is 1. The number of aromatic nitrogens is 3. The van der Waals surface area contributed by atoms with Gasteiger partial charge in [-0.15, -0.1) is 10.2 Å². The van der Waals surface area contributed by atoms with E-state index in [0.29, 0.717) is 18.1 Å². The highest BCUT2D eigenvalue weighted by Gasteiger charge is 2.19. The molecule has 152 valence electrons. The molecule has 0 fully saturated rings. The summed E-state index contributed by atoms with van der Waals surface area (Å²) in [6, 6.07) is 15.4. The number of ether oxygens (including phenoxy) is 1. The lowest BCUT2D eigenvalue weighted by Crippen LogP contribution is -1.97. The molecular formula is C22H19N3O4S. The summed E-state index contributed by atoms with van der Waals surface area (Å²) >= 11 is 0.930. The predicted octanol–water partition coefficient (Wildman–Crippen LogP) is 5.01. The van der Waals surface area contributed by atoms with E-state index in [1.807, 2.05) is 55.5 Å². The van der Waals surface area contributed by atoms with Crippen LogP contribution in [0.2, 0.25) is 0 Å². The van der Waals surface area contributed by atoms with Gasteiger partial charge in [-0.25, -0.2) is 4.79 Å². The Morgan fingerprint density at radius 3 is 2.67 bits per heavy atom. The number of rotatable bonds is 7. The Bertz CT molecular complexity index is 1230. The van der Waals surface area contributed by atoms with Gasteiger partial charge in [0.2, 0.25) is 5.89 Å². The molecule has 0 radical (unpaired) electrons. The van der Waals surface area contributed by atoms with Crippen LogP contribution in [0, 0.1) is 0 Å². The smallest absolute Gasteiger partial charge is 0.342 e. The van der Waals surface area contributed by atoms with Crippen molar-refractivity contribution in [3.8, 4) is 17.0 Å². The van der Waals surface area contributed by atoms with E-state index < -0.39 is 5.97 Å². The number of benzene rings is 2. The molecule has 0 amide bonds. The third kappa shape index (κ3) is 3.81. The average Bonchev–Trinajstić information content (AvgIpc) is 3.38. The molecule has 0 aliphatic carbocycles. The first-order valence-corrected chi connectivity index (χ1v) is 10.1. The molecule has 4 rings (SSSR count). The minimum absolute atomic E-state index is 0.0715. The van der Waals surface area contributed by atoms with Crippen LogP contribution in [0.3, 0.4) is 0 Å². The maximum absolute atomic E-state index is 12.0. The van der Waals surface area contributed by atoms with E-state index >= 15 is 0 Å². The number of thioether (sulfide) groups is 1. The summed E-state index contributed by atoms with van der Waals surface area (Å²) in [7, 11) is 1.60. The summed E-state index contributed by atoms with van der Waals surface area (Å²) in [5.74, 6) is 0.0647. The van der Waals surface area contributed by atoms with Crippen molar-refractivity contribution in [3.05, 3.63) is 64.9 Å². The number of hydrogen-bond donors (Lipinski definition) is 2. The van der Waals surface area contributed by atoms with E-state index in [0.717, 1.165) is 39.5 Å². The standard InChI is InChI=1S/C22H19N3O4S/c1-3-18-24-25-22(29-18)30-17(21(26)27)12-15-14-10-7-11-16(28-2)20(14)23-19(15)13-8-5-4-6-9-13/h4-12,23H,3H2,1-2H3,(H,26,27)/b17-12-. The molecule has 2 aromatic heterocycles. The van der Waals surface area contributed by atoms with Crippen LogP contribution in [0.25, 0.3) is 28.2 Å². The molecule has 0 unspecified atom stereocenters. The van der Waals surface area contributed by atoms with Gasteiger partial charge in [-0.2, -0.15) is 0 Å². The maximum Gasteiger partial charge on any atom is 0.342 e. The topological polar surface area (TPSA) is 101 Å². The van der Waals surface area contributed by atoms with E-state index in [4.69, 9.17) is 9.15 Å². The number of hydrogen-bond acceptors (Lipinski definition) is 6. The second-order valence-electron chi connectivity index (χ2n) is 6.39. The zero-order chi connectivity index (χ0) is 21.1. The molecule has 2 heterocycles. The Labute approximate surface area is 176 Å². The molecule has 0 saturated carbocycles. The first-order chi connectivity index (χ1) is 14.6. The molecule has 4 aromatic rings. The Hall–Kier alpha value is -3.52.